The molecule has 5 heteroatoms. The van der Waals surface area contributed by atoms with Gasteiger partial charge >= 0.3 is 0 Å². The standard InChI is InChI=1S/C15H13BrN4/c1-10-6-15(18-8-14(10)16)20-9-12(7-19-20)11-2-4-13(17)5-3-11/h2-9H,17H2,1H3. The third-order valence-electron chi connectivity index (χ3n) is 3.09. The van der Waals surface area contributed by atoms with Gasteiger partial charge in [-0.2, -0.15) is 5.10 Å². The second-order valence-corrected chi connectivity index (χ2v) is 5.44. The zero-order chi connectivity index (χ0) is 14.1. The summed E-state index contributed by atoms with van der Waals surface area (Å²) in [6.07, 6.45) is 5.57. The van der Waals surface area contributed by atoms with E-state index in [4.69, 9.17) is 5.73 Å². The Balaban J connectivity index is 1.97. The van der Waals surface area contributed by atoms with E-state index >= 15 is 0 Å². The van der Waals surface area contributed by atoms with Gasteiger partial charge in [-0.05, 0) is 52.2 Å². The molecule has 0 saturated heterocycles. The molecule has 0 radical (unpaired) electrons. The van der Waals surface area contributed by atoms with Gasteiger partial charge in [-0.25, -0.2) is 9.67 Å². The van der Waals surface area contributed by atoms with Gasteiger partial charge < -0.3 is 5.73 Å². The average molecular weight is 329 g/mol. The van der Waals surface area contributed by atoms with Crippen LogP contribution in [0.25, 0.3) is 16.9 Å². The van der Waals surface area contributed by atoms with Gasteiger partial charge in [0, 0.05) is 28.1 Å². The number of nitrogens with zero attached hydrogens (tertiary/aromatic N) is 3. The maximum Gasteiger partial charge on any atom is 0.153 e. The zero-order valence-electron chi connectivity index (χ0n) is 10.9. The first-order chi connectivity index (χ1) is 9.63. The lowest BCUT2D eigenvalue weighted by Gasteiger charge is -2.03. The molecule has 20 heavy (non-hydrogen) atoms. The molecule has 2 N–H and O–H groups in total. The van der Waals surface area contributed by atoms with Crippen LogP contribution in [0.4, 0.5) is 5.69 Å². The fourth-order valence-electron chi connectivity index (χ4n) is 1.92. The van der Waals surface area contributed by atoms with Gasteiger partial charge in [-0.15, -0.1) is 0 Å². The first-order valence-electron chi connectivity index (χ1n) is 6.16. The topological polar surface area (TPSA) is 56.7 Å². The lowest BCUT2D eigenvalue weighted by molar-refractivity contribution is 0.844. The fraction of sp³-hybridized carbons (Fsp3) is 0.0667. The molecule has 0 fully saturated rings. The highest BCUT2D eigenvalue weighted by atomic mass is 79.9. The highest BCUT2D eigenvalue weighted by Gasteiger charge is 2.05. The molecule has 0 atom stereocenters. The highest BCUT2D eigenvalue weighted by molar-refractivity contribution is 9.10. The lowest BCUT2D eigenvalue weighted by Crippen LogP contribution is -1.98. The molecule has 3 aromatic rings. The van der Waals surface area contributed by atoms with Crippen LogP contribution in [0.2, 0.25) is 0 Å². The number of nitrogen functional groups attached to an aromatic ring is 1. The summed E-state index contributed by atoms with van der Waals surface area (Å²) >= 11 is 3.45. The highest BCUT2D eigenvalue weighted by Crippen LogP contribution is 2.22. The molecule has 0 aliphatic carbocycles. The Morgan fingerprint density at radius 1 is 1.10 bits per heavy atom. The van der Waals surface area contributed by atoms with Crippen LogP contribution in [-0.2, 0) is 0 Å². The van der Waals surface area contributed by atoms with E-state index in [1.54, 1.807) is 10.9 Å². The first kappa shape index (κ1) is 12.9. The quantitative estimate of drug-likeness (QED) is 0.731. The van der Waals surface area contributed by atoms with Gasteiger partial charge in [0.25, 0.3) is 0 Å². The summed E-state index contributed by atoms with van der Waals surface area (Å²) in [7, 11) is 0. The van der Waals surface area contributed by atoms with Crippen molar-refractivity contribution < 1.29 is 0 Å². The number of nitrogens with two attached hydrogens (primary N) is 1. The second-order valence-electron chi connectivity index (χ2n) is 4.59. The molecule has 0 saturated carbocycles. The molecule has 3 rings (SSSR count). The van der Waals surface area contributed by atoms with Crippen molar-refractivity contribution in [1.82, 2.24) is 14.8 Å². The molecule has 0 aliphatic rings. The third kappa shape index (κ3) is 2.44. The van der Waals surface area contributed by atoms with Crippen LogP contribution in [0, 0.1) is 6.92 Å². The van der Waals surface area contributed by atoms with Crippen molar-refractivity contribution in [1.29, 1.82) is 0 Å². The normalized spacial score (nSPS) is 10.7. The summed E-state index contributed by atoms with van der Waals surface area (Å²) in [5, 5.41) is 4.36. The molecule has 100 valence electrons. The molecule has 0 bridgehead atoms. The van der Waals surface area contributed by atoms with Gasteiger partial charge in [0.2, 0.25) is 0 Å². The van der Waals surface area contributed by atoms with E-state index in [0.29, 0.717) is 0 Å². The van der Waals surface area contributed by atoms with Crippen LogP contribution in [0.15, 0.2) is 53.4 Å². The smallest absolute Gasteiger partial charge is 0.153 e. The molecule has 0 amide bonds. The molecular weight excluding hydrogens is 316 g/mol. The predicted molar refractivity (Wildman–Crippen MR) is 83.6 cm³/mol. The van der Waals surface area contributed by atoms with E-state index in [0.717, 1.165) is 32.7 Å². The lowest BCUT2D eigenvalue weighted by atomic mass is 10.1. The van der Waals surface area contributed by atoms with Crippen LogP contribution in [0.3, 0.4) is 0 Å². The van der Waals surface area contributed by atoms with E-state index in [-0.39, 0.29) is 0 Å². The van der Waals surface area contributed by atoms with Gasteiger partial charge in [0.15, 0.2) is 5.82 Å². The van der Waals surface area contributed by atoms with E-state index in [1.165, 1.54) is 0 Å². The molecule has 0 aliphatic heterocycles. The summed E-state index contributed by atoms with van der Waals surface area (Å²) in [5.74, 6) is 0.799. The Hall–Kier alpha value is -2.14. The van der Waals surface area contributed by atoms with Crippen molar-refractivity contribution in [2.45, 2.75) is 6.92 Å². The SMILES string of the molecule is Cc1cc(-n2cc(-c3ccc(N)cc3)cn2)ncc1Br. The molecule has 0 unspecified atom stereocenters. The zero-order valence-corrected chi connectivity index (χ0v) is 12.5. The Morgan fingerprint density at radius 2 is 1.85 bits per heavy atom. The number of rotatable bonds is 2. The van der Waals surface area contributed by atoms with Gasteiger partial charge in [-0.3, -0.25) is 0 Å². The predicted octanol–water partition coefficient (Wildman–Crippen LogP) is 3.59. The summed E-state index contributed by atoms with van der Waals surface area (Å²) in [6.45, 7) is 2.03. The van der Waals surface area contributed by atoms with E-state index < -0.39 is 0 Å². The Bertz CT molecular complexity index is 747. The fourth-order valence-corrected chi connectivity index (χ4v) is 2.14. The summed E-state index contributed by atoms with van der Waals surface area (Å²) in [6, 6.07) is 9.72. The molecule has 2 heterocycles. The Kier molecular flexibility index (Phi) is 3.28. The van der Waals surface area contributed by atoms with Crippen LogP contribution < -0.4 is 5.73 Å². The molecule has 2 aromatic heterocycles. The van der Waals surface area contributed by atoms with Crippen LogP contribution in [0.5, 0.6) is 0 Å². The van der Waals surface area contributed by atoms with Crippen molar-refractivity contribution in [3.05, 3.63) is 59.0 Å². The second kappa shape index (κ2) is 5.09. The number of anilines is 1. The van der Waals surface area contributed by atoms with Crippen molar-refractivity contribution in [3.8, 4) is 16.9 Å². The van der Waals surface area contributed by atoms with Crippen LogP contribution >= 0.6 is 15.9 Å². The van der Waals surface area contributed by atoms with Gasteiger partial charge in [-0.1, -0.05) is 12.1 Å². The van der Waals surface area contributed by atoms with Crippen LogP contribution in [0.1, 0.15) is 5.56 Å². The van der Waals surface area contributed by atoms with E-state index in [9.17, 15) is 0 Å². The average Bonchev–Trinajstić information content (AvgIpc) is 2.92. The number of aryl methyl sites for hydroxylation is 1. The van der Waals surface area contributed by atoms with Gasteiger partial charge in [0.1, 0.15) is 0 Å². The molecule has 0 spiro atoms. The maximum absolute atomic E-state index is 5.70. The minimum absolute atomic E-state index is 0.756. The number of hydrogen-bond acceptors (Lipinski definition) is 3. The molecule has 1 aromatic carbocycles. The van der Waals surface area contributed by atoms with Crippen molar-refractivity contribution >= 4 is 21.6 Å². The van der Waals surface area contributed by atoms with Crippen molar-refractivity contribution in [2.75, 3.05) is 5.73 Å². The van der Waals surface area contributed by atoms with E-state index in [1.807, 2.05) is 49.6 Å². The van der Waals surface area contributed by atoms with Gasteiger partial charge in [0.05, 0.1) is 6.20 Å². The first-order valence-corrected chi connectivity index (χ1v) is 6.96. The Labute approximate surface area is 125 Å². The number of halogens is 1. The summed E-state index contributed by atoms with van der Waals surface area (Å²) in [5.41, 5.74) is 9.69. The summed E-state index contributed by atoms with van der Waals surface area (Å²) < 4.78 is 2.76. The third-order valence-corrected chi connectivity index (χ3v) is 3.92. The van der Waals surface area contributed by atoms with Crippen molar-refractivity contribution in [3.63, 3.8) is 0 Å². The number of aromatic nitrogens is 3. The number of hydrogen-bond donors (Lipinski definition) is 1. The Morgan fingerprint density at radius 3 is 2.55 bits per heavy atom. The number of benzene rings is 1. The minimum Gasteiger partial charge on any atom is -0.399 e. The maximum atomic E-state index is 5.70. The van der Waals surface area contributed by atoms with Crippen LogP contribution in [-0.4, -0.2) is 14.8 Å². The largest absolute Gasteiger partial charge is 0.399 e. The number of pyridine rings is 1. The van der Waals surface area contributed by atoms with E-state index in [2.05, 4.69) is 26.0 Å². The molecule has 4 nitrogen and oxygen atoms in total. The monoisotopic (exact) mass is 328 g/mol. The summed E-state index contributed by atoms with van der Waals surface area (Å²) in [4.78, 5) is 4.36. The minimum atomic E-state index is 0.756. The molecular formula is C15H13BrN4. The van der Waals surface area contributed by atoms with Crippen molar-refractivity contribution in [2.24, 2.45) is 0 Å².